The number of aromatic amines is 1. The molecule has 1 aromatic heterocycles. The number of nitrogens with one attached hydrogen (secondary N) is 2. The Labute approximate surface area is 168 Å². The minimum absolute atomic E-state index is 0.0301. The Kier molecular flexibility index (Phi) is 5.12. The van der Waals surface area contributed by atoms with Crippen molar-refractivity contribution in [3.05, 3.63) is 52.6 Å². The van der Waals surface area contributed by atoms with Crippen molar-refractivity contribution < 1.29 is 14.9 Å². The standard InChI is InChI=1S/C20H24ClN5O2/c1-13(25-18(27)14-3-2-4-15(21)11-14)19(28)26-9-6-20(7-10-26)17-16(5-8-24-20)22-12-23-17/h2-4,11-13,24H,5-10H2,1H3,(H,22,23)(H,25,27)/p+1/t13-/m0/s1. The minimum atomic E-state index is -0.586. The van der Waals surface area contributed by atoms with E-state index in [0.717, 1.165) is 31.5 Å². The highest BCUT2D eigenvalue weighted by molar-refractivity contribution is 6.31. The van der Waals surface area contributed by atoms with E-state index < -0.39 is 6.04 Å². The maximum Gasteiger partial charge on any atom is 0.251 e. The highest BCUT2D eigenvalue weighted by Gasteiger charge is 2.46. The monoisotopic (exact) mass is 402 g/mol. The molecule has 1 atom stereocenters. The molecule has 0 saturated carbocycles. The molecule has 0 radical (unpaired) electrons. The van der Waals surface area contributed by atoms with Gasteiger partial charge in [0.1, 0.15) is 17.3 Å². The second kappa shape index (κ2) is 7.56. The maximum atomic E-state index is 12.9. The van der Waals surface area contributed by atoms with E-state index in [9.17, 15) is 9.59 Å². The lowest BCUT2D eigenvalue weighted by atomic mass is 9.80. The lowest BCUT2D eigenvalue weighted by Crippen LogP contribution is -2.97. The zero-order valence-corrected chi connectivity index (χ0v) is 16.6. The van der Waals surface area contributed by atoms with Crippen molar-refractivity contribution in [3.8, 4) is 0 Å². The number of rotatable bonds is 3. The number of quaternary nitrogens is 1. The number of amides is 2. The largest absolute Gasteiger partial charge is 0.348 e. The SMILES string of the molecule is C[C@H](NC(=O)c1cccc(Cl)c1)C(=O)N1CCC2(CC1)[NH2+]CCc1[nH]cnc12. The first-order valence-corrected chi connectivity index (χ1v) is 10.1. The summed E-state index contributed by atoms with van der Waals surface area (Å²) in [7, 11) is 0. The van der Waals surface area contributed by atoms with Crippen LogP contribution in [0.4, 0.5) is 0 Å². The van der Waals surface area contributed by atoms with Crippen LogP contribution in [0.1, 0.15) is 41.5 Å². The van der Waals surface area contributed by atoms with E-state index in [1.54, 1.807) is 37.5 Å². The van der Waals surface area contributed by atoms with E-state index >= 15 is 0 Å². The van der Waals surface area contributed by atoms with Crippen molar-refractivity contribution in [2.75, 3.05) is 19.6 Å². The number of benzene rings is 1. The Balaban J connectivity index is 1.37. The van der Waals surface area contributed by atoms with Crippen LogP contribution in [0.3, 0.4) is 0 Å². The molecule has 148 valence electrons. The molecule has 0 unspecified atom stereocenters. The van der Waals surface area contributed by atoms with Gasteiger partial charge in [-0.2, -0.15) is 0 Å². The summed E-state index contributed by atoms with van der Waals surface area (Å²) in [6.45, 7) is 4.10. The van der Waals surface area contributed by atoms with Gasteiger partial charge in [0.05, 0.1) is 12.9 Å². The third kappa shape index (κ3) is 3.52. The number of piperidine rings is 1. The van der Waals surface area contributed by atoms with Crippen LogP contribution in [0.2, 0.25) is 5.02 Å². The second-order valence-corrected chi connectivity index (χ2v) is 8.10. The van der Waals surface area contributed by atoms with E-state index in [2.05, 4.69) is 20.6 Å². The first kappa shape index (κ1) is 19.0. The first-order chi connectivity index (χ1) is 13.5. The molecule has 1 aromatic carbocycles. The third-order valence-electron chi connectivity index (χ3n) is 5.89. The molecule has 1 spiro atoms. The number of fused-ring (bicyclic) bond motifs is 2. The van der Waals surface area contributed by atoms with Crippen LogP contribution in [0, 0.1) is 0 Å². The predicted molar refractivity (Wildman–Crippen MR) is 105 cm³/mol. The number of hydrogen-bond donors (Lipinski definition) is 3. The number of aromatic nitrogens is 2. The summed E-state index contributed by atoms with van der Waals surface area (Å²) in [4.78, 5) is 34.9. The average Bonchev–Trinajstić information content (AvgIpc) is 3.18. The molecule has 8 heteroatoms. The molecule has 7 nitrogen and oxygen atoms in total. The Bertz CT molecular complexity index is 888. The molecule has 1 saturated heterocycles. The Morgan fingerprint density at radius 3 is 2.89 bits per heavy atom. The van der Waals surface area contributed by atoms with Gasteiger partial charge in [-0.15, -0.1) is 0 Å². The fraction of sp³-hybridized carbons (Fsp3) is 0.450. The van der Waals surface area contributed by atoms with Crippen LogP contribution in [0.25, 0.3) is 0 Å². The Hall–Kier alpha value is -2.38. The summed E-state index contributed by atoms with van der Waals surface area (Å²) in [5.74, 6) is -0.345. The van der Waals surface area contributed by atoms with E-state index in [1.165, 1.54) is 5.69 Å². The Morgan fingerprint density at radius 1 is 1.36 bits per heavy atom. The fourth-order valence-corrected chi connectivity index (χ4v) is 4.53. The van der Waals surface area contributed by atoms with Crippen LogP contribution >= 0.6 is 11.6 Å². The number of hydrogen-bond acceptors (Lipinski definition) is 3. The number of likely N-dealkylation sites (tertiary alicyclic amines) is 1. The zero-order chi connectivity index (χ0) is 19.7. The van der Waals surface area contributed by atoms with Gasteiger partial charge < -0.3 is 20.5 Å². The number of nitrogens with two attached hydrogens (primary N) is 1. The van der Waals surface area contributed by atoms with Gasteiger partial charge in [0, 0.05) is 48.6 Å². The molecule has 2 aromatic rings. The average molecular weight is 403 g/mol. The van der Waals surface area contributed by atoms with E-state index in [4.69, 9.17) is 11.6 Å². The van der Waals surface area contributed by atoms with Crippen LogP contribution in [0.5, 0.6) is 0 Å². The van der Waals surface area contributed by atoms with Gasteiger partial charge in [0.2, 0.25) is 5.91 Å². The summed E-state index contributed by atoms with van der Waals surface area (Å²) in [6.07, 6.45) is 4.51. The van der Waals surface area contributed by atoms with Gasteiger partial charge in [0.15, 0.2) is 0 Å². The van der Waals surface area contributed by atoms with Crippen LogP contribution in [-0.2, 0) is 16.8 Å². The normalized spacial score (nSPS) is 19.1. The van der Waals surface area contributed by atoms with Crippen LogP contribution in [-0.4, -0.2) is 52.4 Å². The summed E-state index contributed by atoms with van der Waals surface area (Å²) >= 11 is 5.94. The van der Waals surface area contributed by atoms with Crippen molar-refractivity contribution >= 4 is 23.4 Å². The van der Waals surface area contributed by atoms with Gasteiger partial charge in [-0.25, -0.2) is 4.98 Å². The summed E-state index contributed by atoms with van der Waals surface area (Å²) in [6, 6.07) is 6.13. The van der Waals surface area contributed by atoms with Gasteiger partial charge in [-0.1, -0.05) is 17.7 Å². The quantitative estimate of drug-likeness (QED) is 0.709. The molecule has 3 heterocycles. The molecular weight excluding hydrogens is 378 g/mol. The van der Waals surface area contributed by atoms with Crippen molar-refractivity contribution in [2.24, 2.45) is 0 Å². The van der Waals surface area contributed by atoms with Crippen molar-refractivity contribution in [2.45, 2.75) is 37.8 Å². The Morgan fingerprint density at radius 2 is 2.14 bits per heavy atom. The zero-order valence-electron chi connectivity index (χ0n) is 15.9. The highest BCUT2D eigenvalue weighted by Crippen LogP contribution is 2.31. The molecule has 2 aliphatic heterocycles. The van der Waals surface area contributed by atoms with Gasteiger partial charge in [0.25, 0.3) is 5.91 Å². The fourth-order valence-electron chi connectivity index (χ4n) is 4.34. The molecule has 0 bridgehead atoms. The van der Waals surface area contributed by atoms with E-state index in [1.807, 2.05) is 4.90 Å². The van der Waals surface area contributed by atoms with Gasteiger partial charge in [-0.3, -0.25) is 9.59 Å². The minimum Gasteiger partial charge on any atom is -0.348 e. The molecule has 0 aliphatic carbocycles. The maximum absolute atomic E-state index is 12.9. The third-order valence-corrected chi connectivity index (χ3v) is 6.13. The molecule has 1 fully saturated rings. The highest BCUT2D eigenvalue weighted by atomic mass is 35.5. The number of imidazole rings is 1. The van der Waals surface area contributed by atoms with Crippen molar-refractivity contribution in [1.82, 2.24) is 20.2 Å². The number of nitrogens with zero attached hydrogens (tertiary/aromatic N) is 2. The second-order valence-electron chi connectivity index (χ2n) is 7.66. The number of halogens is 1. The molecular formula is C20H25ClN5O2+. The van der Waals surface area contributed by atoms with Crippen molar-refractivity contribution in [3.63, 3.8) is 0 Å². The van der Waals surface area contributed by atoms with Gasteiger partial charge >= 0.3 is 0 Å². The topological polar surface area (TPSA) is 94.7 Å². The van der Waals surface area contributed by atoms with Crippen LogP contribution in [0.15, 0.2) is 30.6 Å². The summed E-state index contributed by atoms with van der Waals surface area (Å²) in [5, 5.41) is 5.66. The number of carbonyl (C=O) groups is 2. The van der Waals surface area contributed by atoms with Crippen LogP contribution < -0.4 is 10.6 Å². The molecule has 2 amide bonds. The molecule has 2 aliphatic rings. The molecule has 4 rings (SSSR count). The summed E-state index contributed by atoms with van der Waals surface area (Å²) < 4.78 is 0. The molecule has 4 N–H and O–H groups in total. The first-order valence-electron chi connectivity index (χ1n) is 9.71. The lowest BCUT2D eigenvalue weighted by molar-refractivity contribution is -0.743. The smallest absolute Gasteiger partial charge is 0.251 e. The number of H-pyrrole nitrogens is 1. The lowest BCUT2D eigenvalue weighted by Gasteiger charge is -2.41. The van der Waals surface area contributed by atoms with E-state index in [-0.39, 0.29) is 17.4 Å². The van der Waals surface area contributed by atoms with Gasteiger partial charge in [-0.05, 0) is 25.1 Å². The summed E-state index contributed by atoms with van der Waals surface area (Å²) in [5.41, 5.74) is 2.79. The predicted octanol–water partition coefficient (Wildman–Crippen LogP) is 0.819. The van der Waals surface area contributed by atoms with E-state index in [0.29, 0.717) is 23.7 Å². The van der Waals surface area contributed by atoms with Crippen molar-refractivity contribution in [1.29, 1.82) is 0 Å². The number of carbonyl (C=O) groups excluding carboxylic acids is 2. The molecule has 28 heavy (non-hydrogen) atoms.